The molecule has 2 aliphatic carbocycles. The third kappa shape index (κ3) is 2.59. The first kappa shape index (κ1) is 21.2. The van der Waals surface area contributed by atoms with Gasteiger partial charge in [0.15, 0.2) is 4.33 Å². The molecule has 1 amide bonds. The third-order valence-corrected chi connectivity index (χ3v) is 9.10. The standard InChI is InChI=1S/C16H11Cl6NO4/c1-27-7-4-2-6(3-5-7)23-12(24)8-9(13(25)26)15(20)11(18)10(17)14(8,19)16(15,21)22/h2-5,8-9H,1H3,(H,23,24)(H,25,26)/t8-,9-,14-,15-/m1/s1. The Bertz CT molecular complexity index is 857. The maximum atomic E-state index is 13.0. The number of halogens is 6. The SMILES string of the molecule is COc1ccc(NC(=O)[C@H]2[C@H](C(=O)O)[C@@]3(Cl)C(Cl)=C(Cl)[C@@]2(Cl)C3(Cl)Cl)cc1. The molecule has 11 heteroatoms. The van der Waals surface area contributed by atoms with Crippen LogP contribution in [0.2, 0.25) is 0 Å². The number of anilines is 1. The van der Waals surface area contributed by atoms with Crippen molar-refractivity contribution in [2.24, 2.45) is 11.8 Å². The molecular formula is C16H11Cl6NO4. The second kappa shape index (κ2) is 6.75. The number of rotatable bonds is 4. The Morgan fingerprint density at radius 3 is 1.93 bits per heavy atom. The Morgan fingerprint density at radius 1 is 1.00 bits per heavy atom. The number of ether oxygens (including phenoxy) is 1. The van der Waals surface area contributed by atoms with Crippen molar-refractivity contribution in [2.75, 3.05) is 12.4 Å². The topological polar surface area (TPSA) is 75.6 Å². The molecule has 146 valence electrons. The van der Waals surface area contributed by atoms with Crippen LogP contribution >= 0.6 is 69.6 Å². The van der Waals surface area contributed by atoms with Gasteiger partial charge in [-0.15, -0.1) is 23.2 Å². The van der Waals surface area contributed by atoms with Gasteiger partial charge in [-0.2, -0.15) is 0 Å². The fourth-order valence-corrected chi connectivity index (χ4v) is 6.46. The molecule has 1 fully saturated rings. The van der Waals surface area contributed by atoms with E-state index in [0.717, 1.165) is 0 Å². The number of benzene rings is 1. The molecule has 27 heavy (non-hydrogen) atoms. The summed E-state index contributed by atoms with van der Waals surface area (Å²) >= 11 is 38.1. The molecule has 0 unspecified atom stereocenters. The summed E-state index contributed by atoms with van der Waals surface area (Å²) in [6.07, 6.45) is 0. The highest BCUT2D eigenvalue weighted by atomic mass is 35.5. The minimum atomic E-state index is -2.14. The van der Waals surface area contributed by atoms with Gasteiger partial charge in [-0.1, -0.05) is 46.4 Å². The number of fused-ring (bicyclic) bond motifs is 2. The molecular weight excluding hydrogens is 483 g/mol. The van der Waals surface area contributed by atoms with Crippen molar-refractivity contribution in [3.8, 4) is 5.75 Å². The number of carboxylic acids is 1. The first-order chi connectivity index (χ1) is 12.4. The van der Waals surface area contributed by atoms with Gasteiger partial charge in [0, 0.05) is 5.69 Å². The van der Waals surface area contributed by atoms with Gasteiger partial charge in [0.25, 0.3) is 0 Å². The van der Waals surface area contributed by atoms with Crippen LogP contribution in [0.3, 0.4) is 0 Å². The molecule has 1 aromatic rings. The predicted octanol–water partition coefficient (Wildman–Crippen LogP) is 4.80. The van der Waals surface area contributed by atoms with E-state index in [2.05, 4.69) is 5.32 Å². The third-order valence-electron chi connectivity index (χ3n) is 4.84. The fraction of sp³-hybridized carbons (Fsp3) is 0.375. The lowest BCUT2D eigenvalue weighted by Crippen LogP contribution is -2.47. The van der Waals surface area contributed by atoms with E-state index in [1.807, 2.05) is 0 Å². The number of carbonyl (C=O) groups is 2. The Labute approximate surface area is 184 Å². The van der Waals surface area contributed by atoms with Crippen LogP contribution in [0.25, 0.3) is 0 Å². The van der Waals surface area contributed by atoms with Gasteiger partial charge >= 0.3 is 5.97 Å². The summed E-state index contributed by atoms with van der Waals surface area (Å²) in [6.45, 7) is 0. The van der Waals surface area contributed by atoms with Gasteiger partial charge < -0.3 is 15.2 Å². The summed E-state index contributed by atoms with van der Waals surface area (Å²) in [5.74, 6) is -4.72. The molecule has 0 aliphatic heterocycles. The molecule has 2 N–H and O–H groups in total. The number of aliphatic carboxylic acids is 1. The number of carbonyl (C=O) groups excluding carboxylic acids is 1. The zero-order chi connectivity index (χ0) is 20.4. The van der Waals surface area contributed by atoms with Crippen LogP contribution in [0.4, 0.5) is 5.69 Å². The van der Waals surface area contributed by atoms with Gasteiger partial charge in [0.1, 0.15) is 15.5 Å². The second-order valence-corrected chi connectivity index (χ2v) is 9.41. The lowest BCUT2D eigenvalue weighted by Gasteiger charge is -2.33. The molecule has 0 radical (unpaired) electrons. The molecule has 1 aromatic carbocycles. The van der Waals surface area contributed by atoms with E-state index in [9.17, 15) is 14.7 Å². The van der Waals surface area contributed by atoms with Crippen molar-refractivity contribution in [3.05, 3.63) is 34.3 Å². The lowest BCUT2D eigenvalue weighted by atomic mass is 9.81. The normalized spacial score (nSPS) is 33.9. The summed E-state index contributed by atoms with van der Waals surface area (Å²) in [7, 11) is 1.50. The van der Waals surface area contributed by atoms with E-state index in [0.29, 0.717) is 11.4 Å². The van der Waals surface area contributed by atoms with Gasteiger partial charge in [0.05, 0.1) is 29.0 Å². The Morgan fingerprint density at radius 2 is 1.48 bits per heavy atom. The molecule has 5 nitrogen and oxygen atoms in total. The van der Waals surface area contributed by atoms with Gasteiger partial charge in [-0.05, 0) is 24.3 Å². The quantitative estimate of drug-likeness (QED) is 0.591. The van der Waals surface area contributed by atoms with Crippen molar-refractivity contribution >= 4 is 87.2 Å². The number of alkyl halides is 4. The van der Waals surface area contributed by atoms with Crippen molar-refractivity contribution < 1.29 is 19.4 Å². The highest BCUT2D eigenvalue weighted by molar-refractivity contribution is 6.66. The van der Waals surface area contributed by atoms with Crippen molar-refractivity contribution in [3.63, 3.8) is 0 Å². The predicted molar refractivity (Wildman–Crippen MR) is 107 cm³/mol. The number of hydrogen-bond donors (Lipinski definition) is 2. The maximum Gasteiger partial charge on any atom is 0.309 e. The summed E-state index contributed by atoms with van der Waals surface area (Å²) < 4.78 is 2.91. The zero-order valence-electron chi connectivity index (χ0n) is 13.4. The number of methoxy groups -OCH3 is 1. The highest BCUT2D eigenvalue weighted by Crippen LogP contribution is 2.76. The number of hydrogen-bond acceptors (Lipinski definition) is 3. The van der Waals surface area contributed by atoms with Gasteiger partial charge in [-0.25, -0.2) is 0 Å². The number of nitrogens with one attached hydrogen (secondary N) is 1. The van der Waals surface area contributed by atoms with Crippen LogP contribution in [-0.4, -0.2) is 38.2 Å². The number of carboxylic acid groups (broad SMARTS) is 1. The lowest BCUT2D eigenvalue weighted by molar-refractivity contribution is -0.146. The fourth-order valence-electron chi connectivity index (χ4n) is 3.52. The van der Waals surface area contributed by atoms with Gasteiger partial charge in [0.2, 0.25) is 5.91 Å². The van der Waals surface area contributed by atoms with Crippen molar-refractivity contribution in [1.82, 2.24) is 0 Å². The van der Waals surface area contributed by atoms with Crippen LogP contribution in [0.1, 0.15) is 0 Å². The summed E-state index contributed by atoms with van der Waals surface area (Å²) in [6, 6.07) is 6.36. The molecule has 3 rings (SSSR count). The first-order valence-electron chi connectivity index (χ1n) is 7.44. The average molecular weight is 494 g/mol. The molecule has 1 saturated carbocycles. The van der Waals surface area contributed by atoms with E-state index in [1.165, 1.54) is 7.11 Å². The molecule has 0 aromatic heterocycles. The smallest absolute Gasteiger partial charge is 0.309 e. The molecule has 4 atom stereocenters. The number of allylic oxidation sites excluding steroid dienone is 2. The zero-order valence-corrected chi connectivity index (χ0v) is 17.9. The Kier molecular flexibility index (Phi) is 5.29. The van der Waals surface area contributed by atoms with Crippen LogP contribution in [0, 0.1) is 11.8 Å². The molecule has 2 bridgehead atoms. The van der Waals surface area contributed by atoms with Gasteiger partial charge in [-0.3, -0.25) is 9.59 Å². The summed E-state index contributed by atoms with van der Waals surface area (Å²) in [5, 5.41) is 11.8. The minimum absolute atomic E-state index is 0.252. The van der Waals surface area contributed by atoms with Crippen LogP contribution in [0.5, 0.6) is 5.75 Å². The minimum Gasteiger partial charge on any atom is -0.497 e. The van der Waals surface area contributed by atoms with E-state index >= 15 is 0 Å². The van der Waals surface area contributed by atoms with E-state index < -0.39 is 37.8 Å². The molecule has 0 spiro atoms. The summed E-state index contributed by atoms with van der Waals surface area (Å²) in [4.78, 5) is 20.8. The monoisotopic (exact) mass is 491 g/mol. The Hall–Kier alpha value is -0.560. The summed E-state index contributed by atoms with van der Waals surface area (Å²) in [5.41, 5.74) is 0.373. The molecule has 2 aliphatic rings. The largest absolute Gasteiger partial charge is 0.497 e. The van der Waals surface area contributed by atoms with Crippen LogP contribution in [-0.2, 0) is 9.59 Å². The van der Waals surface area contributed by atoms with Crippen LogP contribution < -0.4 is 10.1 Å². The number of amides is 1. The van der Waals surface area contributed by atoms with Crippen molar-refractivity contribution in [2.45, 2.75) is 14.1 Å². The first-order valence-corrected chi connectivity index (χ1v) is 9.71. The maximum absolute atomic E-state index is 13.0. The Balaban J connectivity index is 2.05. The second-order valence-electron chi connectivity index (χ2n) is 6.14. The van der Waals surface area contributed by atoms with E-state index in [-0.39, 0.29) is 10.1 Å². The van der Waals surface area contributed by atoms with E-state index in [4.69, 9.17) is 74.3 Å². The molecule has 0 heterocycles. The van der Waals surface area contributed by atoms with E-state index in [1.54, 1.807) is 24.3 Å². The average Bonchev–Trinajstić information content (AvgIpc) is 2.82. The van der Waals surface area contributed by atoms with Crippen LogP contribution in [0.15, 0.2) is 34.3 Å². The highest BCUT2D eigenvalue weighted by Gasteiger charge is 2.85. The van der Waals surface area contributed by atoms with Crippen molar-refractivity contribution in [1.29, 1.82) is 0 Å². The molecule has 0 saturated heterocycles.